The van der Waals surface area contributed by atoms with Gasteiger partial charge in [0.15, 0.2) is 11.6 Å². The van der Waals surface area contributed by atoms with Crippen molar-refractivity contribution >= 4 is 34.9 Å². The molecule has 0 saturated heterocycles. The molecule has 8 heteroatoms. The van der Waals surface area contributed by atoms with Crippen molar-refractivity contribution in [1.29, 1.82) is 0 Å². The van der Waals surface area contributed by atoms with Gasteiger partial charge in [0.2, 0.25) is 0 Å². The molecule has 152 valence electrons. The second kappa shape index (κ2) is 9.07. The average Bonchev–Trinajstić information content (AvgIpc) is 3.36. The fraction of sp³-hybridized carbons (Fsp3) is 0.0909. The number of benzene rings is 2. The fourth-order valence-electron chi connectivity index (χ4n) is 2.81. The summed E-state index contributed by atoms with van der Waals surface area (Å²) in [6.45, 7) is 0.726. The van der Waals surface area contributed by atoms with Crippen molar-refractivity contribution in [2.24, 2.45) is 0 Å². The first kappa shape index (κ1) is 20.1. The summed E-state index contributed by atoms with van der Waals surface area (Å²) in [5, 5.41) is 8.33. The molecule has 0 aliphatic carbocycles. The van der Waals surface area contributed by atoms with Crippen LogP contribution >= 0.6 is 23.2 Å². The second-order valence-electron chi connectivity index (χ2n) is 6.49. The summed E-state index contributed by atoms with van der Waals surface area (Å²) in [4.78, 5) is 12.4. The highest BCUT2D eigenvalue weighted by atomic mass is 35.5. The smallest absolute Gasteiger partial charge is 0.292 e. The van der Waals surface area contributed by atoms with Crippen molar-refractivity contribution < 1.29 is 13.9 Å². The summed E-state index contributed by atoms with van der Waals surface area (Å²) in [6, 6.07) is 19.6. The minimum Gasteiger partial charge on any atom is -0.486 e. The topological polar surface area (TPSA) is 69.3 Å². The minimum atomic E-state index is -0.392. The summed E-state index contributed by atoms with van der Waals surface area (Å²) >= 11 is 11.9. The number of carbonyl (C=O) groups is 1. The number of nitrogens with zero attached hydrogens (tertiary/aromatic N) is 2. The van der Waals surface area contributed by atoms with Crippen LogP contribution in [0.25, 0.3) is 0 Å². The quantitative estimate of drug-likeness (QED) is 0.401. The number of nitrogens with one attached hydrogen (secondary N) is 1. The van der Waals surface area contributed by atoms with Crippen LogP contribution < -0.4 is 10.1 Å². The Balaban J connectivity index is 1.34. The lowest BCUT2D eigenvalue weighted by atomic mass is 10.2. The number of furan rings is 1. The SMILES string of the molecule is O=C(Nc1ccn(Cc2cccc(Cl)c2)n1)c1ccc(COc2cccc(Cl)c2)o1. The van der Waals surface area contributed by atoms with E-state index in [4.69, 9.17) is 32.4 Å². The molecule has 4 rings (SSSR count). The van der Waals surface area contributed by atoms with Crippen molar-refractivity contribution in [2.45, 2.75) is 13.2 Å². The summed E-state index contributed by atoms with van der Waals surface area (Å²) in [5.41, 5.74) is 1.01. The van der Waals surface area contributed by atoms with Gasteiger partial charge in [0.05, 0.1) is 6.54 Å². The molecule has 1 N–H and O–H groups in total. The monoisotopic (exact) mass is 441 g/mol. The van der Waals surface area contributed by atoms with E-state index in [2.05, 4.69) is 10.4 Å². The van der Waals surface area contributed by atoms with E-state index in [0.717, 1.165) is 5.56 Å². The number of rotatable bonds is 7. The molecule has 0 unspecified atom stereocenters. The van der Waals surface area contributed by atoms with Gasteiger partial charge in [-0.3, -0.25) is 9.48 Å². The van der Waals surface area contributed by atoms with Gasteiger partial charge >= 0.3 is 0 Å². The zero-order valence-corrected chi connectivity index (χ0v) is 17.2. The number of ether oxygens (including phenoxy) is 1. The molecule has 0 fully saturated rings. The van der Waals surface area contributed by atoms with E-state index in [0.29, 0.717) is 33.9 Å². The molecular formula is C22H17Cl2N3O3. The van der Waals surface area contributed by atoms with Crippen LogP contribution in [-0.4, -0.2) is 15.7 Å². The molecule has 1 amide bonds. The maximum Gasteiger partial charge on any atom is 0.292 e. The number of halogens is 2. The van der Waals surface area contributed by atoms with Crippen molar-refractivity contribution in [3.8, 4) is 5.75 Å². The molecular weight excluding hydrogens is 425 g/mol. The van der Waals surface area contributed by atoms with E-state index >= 15 is 0 Å². The Kier molecular flexibility index (Phi) is 6.07. The van der Waals surface area contributed by atoms with Crippen LogP contribution in [0.1, 0.15) is 21.9 Å². The molecule has 2 aromatic carbocycles. The Morgan fingerprint density at radius 2 is 1.83 bits per heavy atom. The third kappa shape index (κ3) is 5.23. The maximum absolute atomic E-state index is 12.4. The van der Waals surface area contributed by atoms with Gasteiger partial charge < -0.3 is 14.5 Å². The van der Waals surface area contributed by atoms with Crippen LogP contribution in [0.3, 0.4) is 0 Å². The molecule has 2 heterocycles. The van der Waals surface area contributed by atoms with Gasteiger partial charge in [-0.1, -0.05) is 41.4 Å². The Bertz CT molecular complexity index is 1170. The number of anilines is 1. The number of carbonyl (C=O) groups excluding carboxylic acids is 1. The van der Waals surface area contributed by atoms with E-state index in [1.165, 1.54) is 0 Å². The predicted octanol–water partition coefficient (Wildman–Crippen LogP) is 5.66. The summed E-state index contributed by atoms with van der Waals surface area (Å²) in [7, 11) is 0. The number of aromatic nitrogens is 2. The zero-order valence-electron chi connectivity index (χ0n) is 15.7. The van der Waals surface area contributed by atoms with Gasteiger partial charge in [0.25, 0.3) is 5.91 Å². The van der Waals surface area contributed by atoms with Gasteiger partial charge in [-0.2, -0.15) is 5.10 Å². The Morgan fingerprint density at radius 1 is 1.03 bits per heavy atom. The first-order valence-corrected chi connectivity index (χ1v) is 9.87. The Morgan fingerprint density at radius 3 is 2.63 bits per heavy atom. The van der Waals surface area contributed by atoms with Crippen LogP contribution in [0.5, 0.6) is 5.75 Å². The highest BCUT2D eigenvalue weighted by Crippen LogP contribution is 2.19. The summed E-state index contributed by atoms with van der Waals surface area (Å²) < 4.78 is 12.9. The second-order valence-corrected chi connectivity index (χ2v) is 7.37. The standard InChI is InChI=1S/C22H17Cl2N3O3/c23-16-4-1-3-15(11-16)13-27-10-9-21(26-27)25-22(28)20-8-7-19(30-20)14-29-18-6-2-5-17(24)12-18/h1-12H,13-14H2,(H,25,26,28). The van der Waals surface area contributed by atoms with Crippen LogP contribution in [0.2, 0.25) is 10.0 Å². The highest BCUT2D eigenvalue weighted by Gasteiger charge is 2.13. The summed E-state index contributed by atoms with van der Waals surface area (Å²) in [6.07, 6.45) is 1.78. The van der Waals surface area contributed by atoms with E-state index in [9.17, 15) is 4.79 Å². The Hall–Kier alpha value is -3.22. The van der Waals surface area contributed by atoms with Gasteiger partial charge in [-0.25, -0.2) is 0 Å². The average molecular weight is 442 g/mol. The molecule has 0 saturated carbocycles. The lowest BCUT2D eigenvalue weighted by Gasteiger charge is -2.04. The summed E-state index contributed by atoms with van der Waals surface area (Å²) in [5.74, 6) is 1.35. The third-order valence-electron chi connectivity index (χ3n) is 4.18. The maximum atomic E-state index is 12.4. The fourth-order valence-corrected chi connectivity index (χ4v) is 3.20. The molecule has 0 aliphatic heterocycles. The van der Waals surface area contributed by atoms with Gasteiger partial charge in [-0.15, -0.1) is 0 Å². The third-order valence-corrected chi connectivity index (χ3v) is 4.65. The molecule has 0 bridgehead atoms. The van der Waals surface area contributed by atoms with E-state index in [-0.39, 0.29) is 12.4 Å². The van der Waals surface area contributed by atoms with Crippen molar-refractivity contribution in [1.82, 2.24) is 9.78 Å². The zero-order chi connectivity index (χ0) is 20.9. The number of amides is 1. The van der Waals surface area contributed by atoms with Gasteiger partial charge in [0, 0.05) is 22.3 Å². The molecule has 6 nitrogen and oxygen atoms in total. The number of hydrogen-bond donors (Lipinski definition) is 1. The van der Waals surface area contributed by atoms with Crippen molar-refractivity contribution in [3.05, 3.63) is 100 Å². The van der Waals surface area contributed by atoms with Crippen LogP contribution in [0, 0.1) is 0 Å². The normalized spacial score (nSPS) is 10.7. The van der Waals surface area contributed by atoms with E-state index in [1.54, 1.807) is 53.3 Å². The first-order chi connectivity index (χ1) is 14.5. The molecule has 30 heavy (non-hydrogen) atoms. The molecule has 0 atom stereocenters. The minimum absolute atomic E-state index is 0.170. The Labute approximate surface area is 183 Å². The van der Waals surface area contributed by atoms with Crippen LogP contribution in [-0.2, 0) is 13.2 Å². The van der Waals surface area contributed by atoms with E-state index in [1.807, 2.05) is 24.3 Å². The van der Waals surface area contributed by atoms with Gasteiger partial charge in [-0.05, 0) is 48.0 Å². The van der Waals surface area contributed by atoms with Gasteiger partial charge in [0.1, 0.15) is 18.1 Å². The van der Waals surface area contributed by atoms with Crippen molar-refractivity contribution in [2.75, 3.05) is 5.32 Å². The predicted molar refractivity (Wildman–Crippen MR) is 115 cm³/mol. The molecule has 0 radical (unpaired) electrons. The number of hydrogen-bond acceptors (Lipinski definition) is 4. The molecule has 4 aromatic rings. The van der Waals surface area contributed by atoms with Crippen molar-refractivity contribution in [3.63, 3.8) is 0 Å². The first-order valence-electron chi connectivity index (χ1n) is 9.11. The molecule has 0 spiro atoms. The molecule has 0 aliphatic rings. The largest absolute Gasteiger partial charge is 0.486 e. The lowest BCUT2D eigenvalue weighted by molar-refractivity contribution is 0.0992. The van der Waals surface area contributed by atoms with Crippen LogP contribution in [0.4, 0.5) is 5.82 Å². The highest BCUT2D eigenvalue weighted by molar-refractivity contribution is 6.30. The van der Waals surface area contributed by atoms with E-state index < -0.39 is 5.91 Å². The lowest BCUT2D eigenvalue weighted by Crippen LogP contribution is -2.12. The molecule has 2 aromatic heterocycles. The van der Waals surface area contributed by atoms with Crippen LogP contribution in [0.15, 0.2) is 77.3 Å².